The summed E-state index contributed by atoms with van der Waals surface area (Å²) in [5.74, 6) is 0.635. The minimum Gasteiger partial charge on any atom is -0.303 e. The third kappa shape index (κ3) is 2.32. The van der Waals surface area contributed by atoms with E-state index in [2.05, 4.69) is 28.9 Å². The lowest BCUT2D eigenvalue weighted by Crippen LogP contribution is -2.24. The Hall–Kier alpha value is -0.890. The molecule has 14 heavy (non-hydrogen) atoms. The van der Waals surface area contributed by atoms with Crippen LogP contribution in [0.1, 0.15) is 31.2 Å². The SMILES string of the molecule is C[C@@H](CN1CCCC1)c1ccncc1. The van der Waals surface area contributed by atoms with Gasteiger partial charge in [-0.1, -0.05) is 6.92 Å². The summed E-state index contributed by atoms with van der Waals surface area (Å²) in [6.45, 7) is 6.07. The molecule has 0 saturated carbocycles. The topological polar surface area (TPSA) is 16.1 Å². The molecule has 2 rings (SSSR count). The van der Waals surface area contributed by atoms with Gasteiger partial charge < -0.3 is 4.90 Å². The van der Waals surface area contributed by atoms with Crippen molar-refractivity contribution in [3.05, 3.63) is 30.1 Å². The minimum atomic E-state index is 0.635. The second kappa shape index (κ2) is 4.56. The first-order chi connectivity index (χ1) is 6.86. The predicted octanol–water partition coefficient (Wildman–Crippen LogP) is 2.28. The molecule has 0 amide bonds. The second-order valence-corrected chi connectivity index (χ2v) is 4.19. The molecule has 0 radical (unpaired) electrons. The Balaban J connectivity index is 1.92. The molecule has 0 aromatic carbocycles. The van der Waals surface area contributed by atoms with Gasteiger partial charge in [-0.3, -0.25) is 4.98 Å². The van der Waals surface area contributed by atoms with Crippen LogP contribution in [0.4, 0.5) is 0 Å². The fourth-order valence-corrected chi connectivity index (χ4v) is 2.15. The van der Waals surface area contributed by atoms with Crippen molar-refractivity contribution in [2.24, 2.45) is 0 Å². The number of hydrogen-bond donors (Lipinski definition) is 0. The highest BCUT2D eigenvalue weighted by Gasteiger charge is 2.15. The van der Waals surface area contributed by atoms with E-state index < -0.39 is 0 Å². The molecule has 1 saturated heterocycles. The van der Waals surface area contributed by atoms with Gasteiger partial charge in [0.1, 0.15) is 0 Å². The average molecular weight is 190 g/mol. The molecule has 1 aromatic heterocycles. The van der Waals surface area contributed by atoms with Crippen LogP contribution in [0.3, 0.4) is 0 Å². The monoisotopic (exact) mass is 190 g/mol. The van der Waals surface area contributed by atoms with Crippen LogP contribution in [0, 0.1) is 0 Å². The predicted molar refractivity (Wildman–Crippen MR) is 58.3 cm³/mol. The maximum atomic E-state index is 4.05. The Labute approximate surface area is 86.0 Å². The van der Waals surface area contributed by atoms with E-state index >= 15 is 0 Å². The van der Waals surface area contributed by atoms with Gasteiger partial charge in [-0.15, -0.1) is 0 Å². The van der Waals surface area contributed by atoms with Gasteiger partial charge >= 0.3 is 0 Å². The zero-order valence-electron chi connectivity index (χ0n) is 8.82. The summed E-state index contributed by atoms with van der Waals surface area (Å²) in [6.07, 6.45) is 6.53. The van der Waals surface area contributed by atoms with Crippen molar-refractivity contribution >= 4 is 0 Å². The number of pyridine rings is 1. The molecule has 0 unspecified atom stereocenters. The van der Waals surface area contributed by atoms with Crippen LogP contribution in [-0.2, 0) is 0 Å². The molecule has 0 N–H and O–H groups in total. The van der Waals surface area contributed by atoms with Crippen molar-refractivity contribution in [1.82, 2.24) is 9.88 Å². The van der Waals surface area contributed by atoms with Gasteiger partial charge in [0.15, 0.2) is 0 Å². The number of nitrogens with zero attached hydrogens (tertiary/aromatic N) is 2. The molecule has 0 bridgehead atoms. The van der Waals surface area contributed by atoms with Crippen LogP contribution < -0.4 is 0 Å². The lowest BCUT2D eigenvalue weighted by Gasteiger charge is -2.20. The van der Waals surface area contributed by atoms with E-state index in [1.807, 2.05) is 12.4 Å². The molecule has 0 aliphatic carbocycles. The van der Waals surface area contributed by atoms with Crippen LogP contribution >= 0.6 is 0 Å². The molecule has 2 heteroatoms. The molecule has 1 fully saturated rings. The third-order valence-electron chi connectivity index (χ3n) is 3.01. The van der Waals surface area contributed by atoms with E-state index in [0.717, 1.165) is 0 Å². The fourth-order valence-electron chi connectivity index (χ4n) is 2.15. The Bertz CT molecular complexity index is 265. The smallest absolute Gasteiger partial charge is 0.0270 e. The highest BCUT2D eigenvalue weighted by atomic mass is 15.1. The van der Waals surface area contributed by atoms with E-state index in [1.165, 1.54) is 38.0 Å². The number of aromatic nitrogens is 1. The Morgan fingerprint density at radius 3 is 2.57 bits per heavy atom. The van der Waals surface area contributed by atoms with Crippen LogP contribution in [0.2, 0.25) is 0 Å². The highest BCUT2D eigenvalue weighted by molar-refractivity contribution is 5.15. The number of hydrogen-bond acceptors (Lipinski definition) is 2. The molecule has 1 aromatic rings. The van der Waals surface area contributed by atoms with E-state index in [-0.39, 0.29) is 0 Å². The first-order valence-corrected chi connectivity index (χ1v) is 5.48. The van der Waals surface area contributed by atoms with Crippen LogP contribution in [-0.4, -0.2) is 29.5 Å². The maximum Gasteiger partial charge on any atom is 0.0270 e. The summed E-state index contributed by atoms with van der Waals surface area (Å²) in [5.41, 5.74) is 1.41. The molecule has 2 heterocycles. The number of rotatable bonds is 3. The van der Waals surface area contributed by atoms with Gasteiger partial charge in [0, 0.05) is 18.9 Å². The minimum absolute atomic E-state index is 0.635. The quantitative estimate of drug-likeness (QED) is 0.727. The van der Waals surface area contributed by atoms with E-state index in [9.17, 15) is 0 Å². The second-order valence-electron chi connectivity index (χ2n) is 4.19. The first kappa shape index (κ1) is 9.66. The van der Waals surface area contributed by atoms with E-state index in [0.29, 0.717) is 5.92 Å². The lowest BCUT2D eigenvalue weighted by molar-refractivity contribution is 0.320. The van der Waals surface area contributed by atoms with Crippen molar-refractivity contribution in [2.75, 3.05) is 19.6 Å². The van der Waals surface area contributed by atoms with Gasteiger partial charge in [0.05, 0.1) is 0 Å². The van der Waals surface area contributed by atoms with Crippen LogP contribution in [0.25, 0.3) is 0 Å². The van der Waals surface area contributed by atoms with Crippen molar-refractivity contribution < 1.29 is 0 Å². The molecule has 0 spiro atoms. The molecule has 1 atom stereocenters. The van der Waals surface area contributed by atoms with Gasteiger partial charge in [-0.05, 0) is 49.5 Å². The zero-order valence-corrected chi connectivity index (χ0v) is 8.82. The Morgan fingerprint density at radius 2 is 1.93 bits per heavy atom. The van der Waals surface area contributed by atoms with Gasteiger partial charge in [0.2, 0.25) is 0 Å². The molecular weight excluding hydrogens is 172 g/mol. The summed E-state index contributed by atoms with van der Waals surface area (Å²) in [5, 5.41) is 0. The first-order valence-electron chi connectivity index (χ1n) is 5.48. The van der Waals surface area contributed by atoms with Crippen molar-refractivity contribution in [3.63, 3.8) is 0 Å². The van der Waals surface area contributed by atoms with Gasteiger partial charge in [-0.25, -0.2) is 0 Å². The van der Waals surface area contributed by atoms with E-state index in [4.69, 9.17) is 0 Å². The van der Waals surface area contributed by atoms with Crippen molar-refractivity contribution in [1.29, 1.82) is 0 Å². The summed E-state index contributed by atoms with van der Waals surface area (Å²) >= 11 is 0. The normalized spacial score (nSPS) is 19.8. The summed E-state index contributed by atoms with van der Waals surface area (Å²) < 4.78 is 0. The third-order valence-corrected chi connectivity index (χ3v) is 3.01. The standard InChI is InChI=1S/C12H18N2/c1-11(10-14-8-2-3-9-14)12-4-6-13-7-5-12/h4-7,11H,2-3,8-10H2,1H3/t11-/m0/s1. The highest BCUT2D eigenvalue weighted by Crippen LogP contribution is 2.18. The van der Waals surface area contributed by atoms with Gasteiger partial charge in [0.25, 0.3) is 0 Å². The van der Waals surface area contributed by atoms with Crippen LogP contribution in [0.15, 0.2) is 24.5 Å². The molecule has 1 aliphatic heterocycles. The molecule has 1 aliphatic rings. The lowest BCUT2D eigenvalue weighted by atomic mass is 10.0. The largest absolute Gasteiger partial charge is 0.303 e. The zero-order chi connectivity index (χ0) is 9.80. The number of likely N-dealkylation sites (tertiary alicyclic amines) is 1. The maximum absolute atomic E-state index is 4.05. The summed E-state index contributed by atoms with van der Waals surface area (Å²) in [4.78, 5) is 6.61. The van der Waals surface area contributed by atoms with Crippen LogP contribution in [0.5, 0.6) is 0 Å². The summed E-state index contributed by atoms with van der Waals surface area (Å²) in [6, 6.07) is 4.25. The molecular formula is C12H18N2. The Kier molecular flexibility index (Phi) is 3.14. The van der Waals surface area contributed by atoms with Crippen molar-refractivity contribution in [3.8, 4) is 0 Å². The Morgan fingerprint density at radius 1 is 1.29 bits per heavy atom. The fraction of sp³-hybridized carbons (Fsp3) is 0.583. The van der Waals surface area contributed by atoms with Crippen molar-refractivity contribution in [2.45, 2.75) is 25.7 Å². The summed E-state index contributed by atoms with van der Waals surface area (Å²) in [7, 11) is 0. The van der Waals surface area contributed by atoms with E-state index in [1.54, 1.807) is 0 Å². The average Bonchev–Trinajstić information content (AvgIpc) is 2.72. The molecule has 2 nitrogen and oxygen atoms in total. The molecule has 76 valence electrons. The van der Waals surface area contributed by atoms with Gasteiger partial charge in [-0.2, -0.15) is 0 Å².